The van der Waals surface area contributed by atoms with Crippen molar-refractivity contribution >= 4 is 10.1 Å². The van der Waals surface area contributed by atoms with Gasteiger partial charge in [0.05, 0.1) is 19.0 Å². The summed E-state index contributed by atoms with van der Waals surface area (Å²) in [6, 6.07) is 3.70. The molecule has 2 aromatic rings. The van der Waals surface area contributed by atoms with Crippen LogP contribution in [0.2, 0.25) is 0 Å². The molecule has 0 saturated carbocycles. The maximum absolute atomic E-state index is 11.2. The van der Waals surface area contributed by atoms with Crippen LogP contribution in [-0.4, -0.2) is 36.5 Å². The van der Waals surface area contributed by atoms with Gasteiger partial charge < -0.3 is 0 Å². The van der Waals surface area contributed by atoms with Crippen molar-refractivity contribution in [3.05, 3.63) is 36.5 Å². The van der Waals surface area contributed by atoms with E-state index in [-0.39, 0.29) is 5.75 Å². The third-order valence-corrected chi connectivity index (χ3v) is 3.90. The van der Waals surface area contributed by atoms with E-state index in [1.165, 1.54) is 0 Å². The van der Waals surface area contributed by atoms with Crippen LogP contribution in [0, 0.1) is 6.92 Å². The molecule has 2 rings (SSSR count). The van der Waals surface area contributed by atoms with Gasteiger partial charge >= 0.3 is 0 Å². The van der Waals surface area contributed by atoms with E-state index >= 15 is 0 Å². The van der Waals surface area contributed by atoms with Crippen molar-refractivity contribution in [3.8, 4) is 11.3 Å². The molecule has 7 nitrogen and oxygen atoms in total. The van der Waals surface area contributed by atoms with Crippen molar-refractivity contribution in [3.63, 3.8) is 0 Å². The van der Waals surface area contributed by atoms with Crippen LogP contribution in [0.5, 0.6) is 0 Å². The molecule has 0 saturated heterocycles. The van der Waals surface area contributed by atoms with Crippen LogP contribution in [0.3, 0.4) is 0 Å². The monoisotopic (exact) mass is 295 g/mol. The fourth-order valence-electron chi connectivity index (χ4n) is 1.61. The molecule has 0 aliphatic heterocycles. The van der Waals surface area contributed by atoms with E-state index in [0.29, 0.717) is 12.4 Å². The Labute approximate surface area is 117 Å². The van der Waals surface area contributed by atoms with Gasteiger partial charge in [0, 0.05) is 17.7 Å². The first kappa shape index (κ1) is 14.5. The molecule has 0 fully saturated rings. The zero-order valence-corrected chi connectivity index (χ0v) is 12.0. The minimum absolute atomic E-state index is 0.0678. The molecule has 0 bridgehead atoms. The van der Waals surface area contributed by atoms with Crippen LogP contribution < -0.4 is 4.57 Å². The fraction of sp³-hybridized carbons (Fsp3) is 0.333. The van der Waals surface area contributed by atoms with E-state index < -0.39 is 10.1 Å². The van der Waals surface area contributed by atoms with Gasteiger partial charge in [0.1, 0.15) is 11.6 Å². The van der Waals surface area contributed by atoms with Crippen molar-refractivity contribution in [1.82, 2.24) is 15.2 Å². The number of aromatic nitrogens is 4. The van der Waals surface area contributed by atoms with Crippen molar-refractivity contribution in [2.45, 2.75) is 13.5 Å². The van der Waals surface area contributed by atoms with Crippen LogP contribution in [0.25, 0.3) is 11.3 Å². The molecular weight excluding hydrogens is 280 g/mol. The number of aryl methyl sites for hydroxylation is 2. The Morgan fingerprint density at radius 1 is 1.30 bits per heavy atom. The summed E-state index contributed by atoms with van der Waals surface area (Å²) in [6.07, 6.45) is 5.16. The number of pyridine rings is 1. The first-order valence-corrected chi connectivity index (χ1v) is 7.52. The molecule has 0 unspecified atom stereocenters. The Kier molecular flexibility index (Phi) is 4.35. The predicted octanol–water partition coefficient (Wildman–Crippen LogP) is 0.111. The highest BCUT2D eigenvalue weighted by molar-refractivity contribution is 7.86. The summed E-state index contributed by atoms with van der Waals surface area (Å²) >= 11 is 0. The second-order valence-electron chi connectivity index (χ2n) is 4.14. The molecule has 20 heavy (non-hydrogen) atoms. The van der Waals surface area contributed by atoms with Gasteiger partial charge in [0.25, 0.3) is 10.1 Å². The SMILES string of the molecule is COS(=O)(=O)CC[n+]1ccc(-c2cnnc(C)n2)cc1. The molecular formula is C12H15N4O3S+. The Balaban J connectivity index is 2.11. The molecule has 0 spiro atoms. The first-order valence-electron chi connectivity index (χ1n) is 5.94. The van der Waals surface area contributed by atoms with Gasteiger partial charge in [-0.1, -0.05) is 0 Å². The average Bonchev–Trinajstić information content (AvgIpc) is 2.46. The highest BCUT2D eigenvalue weighted by Gasteiger charge is 2.12. The third kappa shape index (κ3) is 3.78. The van der Waals surface area contributed by atoms with Crippen LogP contribution in [-0.2, 0) is 20.8 Å². The second-order valence-corrected chi connectivity index (χ2v) is 6.00. The van der Waals surface area contributed by atoms with Crippen LogP contribution >= 0.6 is 0 Å². The van der Waals surface area contributed by atoms with Gasteiger partial charge in [-0.3, -0.25) is 4.18 Å². The van der Waals surface area contributed by atoms with E-state index in [1.54, 1.807) is 30.1 Å². The maximum atomic E-state index is 11.2. The Morgan fingerprint density at radius 2 is 2.00 bits per heavy atom. The summed E-state index contributed by atoms with van der Waals surface area (Å²) in [6.45, 7) is 2.10. The van der Waals surface area contributed by atoms with Crippen LogP contribution in [0.4, 0.5) is 0 Å². The predicted molar refractivity (Wildman–Crippen MR) is 71.0 cm³/mol. The normalized spacial score (nSPS) is 11.5. The van der Waals surface area contributed by atoms with E-state index in [1.807, 2.05) is 12.1 Å². The molecule has 8 heteroatoms. The molecule has 0 atom stereocenters. The molecule has 0 aromatic carbocycles. The summed E-state index contributed by atoms with van der Waals surface area (Å²) in [5, 5.41) is 7.65. The average molecular weight is 295 g/mol. The van der Waals surface area contributed by atoms with Gasteiger partial charge in [0.2, 0.25) is 0 Å². The number of hydrogen-bond donors (Lipinski definition) is 0. The molecule has 106 valence electrons. The van der Waals surface area contributed by atoms with E-state index in [2.05, 4.69) is 19.4 Å². The first-order chi connectivity index (χ1) is 9.50. The summed E-state index contributed by atoms with van der Waals surface area (Å²) in [5.41, 5.74) is 1.63. The lowest BCUT2D eigenvalue weighted by atomic mass is 10.2. The van der Waals surface area contributed by atoms with Gasteiger partial charge in [-0.05, 0) is 6.92 Å². The topological polar surface area (TPSA) is 85.9 Å². The molecule has 0 amide bonds. The summed E-state index contributed by atoms with van der Waals surface area (Å²) in [4.78, 5) is 4.27. The van der Waals surface area contributed by atoms with Gasteiger partial charge in [-0.25, -0.2) is 9.55 Å². The summed E-state index contributed by atoms with van der Waals surface area (Å²) in [5.74, 6) is 0.534. The maximum Gasteiger partial charge on any atom is 0.273 e. The lowest BCUT2D eigenvalue weighted by Crippen LogP contribution is -2.36. The third-order valence-electron chi connectivity index (χ3n) is 2.71. The van der Waals surface area contributed by atoms with Crippen LogP contribution in [0.1, 0.15) is 5.82 Å². The molecule has 2 heterocycles. The smallest absolute Gasteiger partial charge is 0.273 e. The molecule has 2 aromatic heterocycles. The largest absolute Gasteiger partial charge is 0.273 e. The highest BCUT2D eigenvalue weighted by atomic mass is 32.2. The number of hydrogen-bond acceptors (Lipinski definition) is 6. The van der Waals surface area contributed by atoms with Crippen molar-refractivity contribution in [1.29, 1.82) is 0 Å². The fourth-order valence-corrected chi connectivity index (χ4v) is 2.21. The number of rotatable bonds is 5. The minimum atomic E-state index is -3.44. The molecule has 0 N–H and O–H groups in total. The Morgan fingerprint density at radius 3 is 2.60 bits per heavy atom. The quantitative estimate of drug-likeness (QED) is 0.575. The number of nitrogens with zero attached hydrogens (tertiary/aromatic N) is 4. The Bertz CT molecular complexity index is 686. The lowest BCUT2D eigenvalue weighted by Gasteiger charge is -2.01. The van der Waals surface area contributed by atoms with Crippen LogP contribution in [0.15, 0.2) is 30.7 Å². The Hall–Kier alpha value is -1.93. The van der Waals surface area contributed by atoms with Gasteiger partial charge in [0.15, 0.2) is 18.9 Å². The van der Waals surface area contributed by atoms with Gasteiger partial charge in [-0.2, -0.15) is 13.5 Å². The zero-order valence-electron chi connectivity index (χ0n) is 11.2. The second kappa shape index (κ2) is 6.02. The lowest BCUT2D eigenvalue weighted by molar-refractivity contribution is -0.692. The van der Waals surface area contributed by atoms with E-state index in [9.17, 15) is 8.42 Å². The highest BCUT2D eigenvalue weighted by Crippen LogP contribution is 2.12. The molecule has 0 aliphatic carbocycles. The molecule has 0 aliphatic rings. The molecule has 0 radical (unpaired) electrons. The van der Waals surface area contributed by atoms with Gasteiger partial charge in [-0.15, -0.1) is 5.10 Å². The van der Waals surface area contributed by atoms with Crippen molar-refractivity contribution < 1.29 is 17.2 Å². The zero-order chi connectivity index (χ0) is 14.6. The van der Waals surface area contributed by atoms with Crippen molar-refractivity contribution in [2.75, 3.05) is 12.9 Å². The minimum Gasteiger partial charge on any atom is -0.273 e. The van der Waals surface area contributed by atoms with E-state index in [4.69, 9.17) is 0 Å². The summed E-state index contributed by atoms with van der Waals surface area (Å²) in [7, 11) is -2.28. The van der Waals surface area contributed by atoms with E-state index in [0.717, 1.165) is 18.4 Å². The van der Waals surface area contributed by atoms with Crippen molar-refractivity contribution in [2.24, 2.45) is 0 Å². The standard InChI is InChI=1S/C12H15N4O3S/c1-10-14-12(9-13-15-10)11-3-5-16(6-4-11)7-8-20(17,18)19-2/h3-6,9H,7-8H2,1-2H3/q+1. The summed E-state index contributed by atoms with van der Waals surface area (Å²) < 4.78 is 28.6.